The number of anilines is 1. The average molecular weight is 292 g/mol. The molecule has 2 aromatic rings. The first-order valence-electron chi connectivity index (χ1n) is 5.67. The second-order valence-electron chi connectivity index (χ2n) is 4.03. The van der Waals surface area contributed by atoms with E-state index in [0.717, 1.165) is 0 Å². The minimum Gasteiger partial charge on any atom is -0.306 e. The monoisotopic (exact) mass is 291 g/mol. The van der Waals surface area contributed by atoms with Crippen molar-refractivity contribution in [1.29, 1.82) is 0 Å². The SMILES string of the molecule is Cc1cccc(C(=O)Nc2cccc(Cl)n2)c1[N+](=O)[O-]. The fourth-order valence-corrected chi connectivity index (χ4v) is 1.91. The molecule has 2 rings (SSSR count). The van der Waals surface area contributed by atoms with Crippen LogP contribution in [0.2, 0.25) is 5.15 Å². The summed E-state index contributed by atoms with van der Waals surface area (Å²) >= 11 is 5.71. The van der Waals surface area contributed by atoms with Crippen molar-refractivity contribution in [2.24, 2.45) is 0 Å². The summed E-state index contributed by atoms with van der Waals surface area (Å²) in [5.74, 6) is -0.367. The number of halogens is 1. The molecule has 1 heterocycles. The first-order chi connectivity index (χ1) is 9.49. The van der Waals surface area contributed by atoms with Crippen LogP contribution in [0.4, 0.5) is 11.5 Å². The van der Waals surface area contributed by atoms with Gasteiger partial charge in [0, 0.05) is 5.56 Å². The highest BCUT2D eigenvalue weighted by Crippen LogP contribution is 2.24. The van der Waals surface area contributed by atoms with Gasteiger partial charge in [0.25, 0.3) is 11.6 Å². The largest absolute Gasteiger partial charge is 0.306 e. The number of para-hydroxylation sites is 1. The van der Waals surface area contributed by atoms with E-state index >= 15 is 0 Å². The summed E-state index contributed by atoms with van der Waals surface area (Å²) in [5.41, 5.74) is 0.186. The third-order valence-electron chi connectivity index (χ3n) is 2.62. The van der Waals surface area contributed by atoms with Crippen LogP contribution in [0.25, 0.3) is 0 Å². The number of nitrogens with one attached hydrogen (secondary N) is 1. The third kappa shape index (κ3) is 2.92. The van der Waals surface area contributed by atoms with Crippen LogP contribution in [0, 0.1) is 17.0 Å². The van der Waals surface area contributed by atoms with Gasteiger partial charge >= 0.3 is 0 Å². The van der Waals surface area contributed by atoms with Gasteiger partial charge in [-0.15, -0.1) is 0 Å². The molecule has 1 aromatic heterocycles. The lowest BCUT2D eigenvalue weighted by atomic mass is 10.1. The standard InChI is InChI=1S/C13H10ClN3O3/c1-8-4-2-5-9(12(8)17(19)20)13(18)16-11-7-3-6-10(14)15-11/h2-7H,1H3,(H,15,16,18). The first-order valence-corrected chi connectivity index (χ1v) is 6.05. The van der Waals surface area contributed by atoms with E-state index < -0.39 is 10.8 Å². The second-order valence-corrected chi connectivity index (χ2v) is 4.42. The van der Waals surface area contributed by atoms with Gasteiger partial charge in [0.2, 0.25) is 0 Å². The number of nitrogens with zero attached hydrogens (tertiary/aromatic N) is 2. The maximum absolute atomic E-state index is 12.1. The Morgan fingerprint density at radius 1 is 1.30 bits per heavy atom. The Morgan fingerprint density at radius 3 is 2.65 bits per heavy atom. The number of rotatable bonds is 3. The summed E-state index contributed by atoms with van der Waals surface area (Å²) in [6.07, 6.45) is 0. The number of amides is 1. The molecule has 1 amide bonds. The van der Waals surface area contributed by atoms with Gasteiger partial charge in [0.1, 0.15) is 16.5 Å². The molecule has 0 fully saturated rings. The van der Waals surface area contributed by atoms with Crippen molar-refractivity contribution in [3.05, 3.63) is 62.8 Å². The molecule has 1 aromatic carbocycles. The number of hydrogen-bond donors (Lipinski definition) is 1. The van der Waals surface area contributed by atoms with Gasteiger partial charge in [-0.3, -0.25) is 14.9 Å². The van der Waals surface area contributed by atoms with Crippen LogP contribution in [-0.4, -0.2) is 15.8 Å². The Bertz CT molecular complexity index is 688. The Labute approximate surface area is 119 Å². The van der Waals surface area contributed by atoms with E-state index in [9.17, 15) is 14.9 Å². The zero-order valence-corrected chi connectivity index (χ0v) is 11.2. The number of nitro groups is 1. The van der Waals surface area contributed by atoms with Crippen LogP contribution in [0.5, 0.6) is 0 Å². The van der Waals surface area contributed by atoms with Crippen molar-refractivity contribution < 1.29 is 9.72 Å². The van der Waals surface area contributed by atoms with E-state index in [1.165, 1.54) is 6.07 Å². The Hall–Kier alpha value is -2.47. The second kappa shape index (κ2) is 5.66. The van der Waals surface area contributed by atoms with Crippen LogP contribution >= 0.6 is 11.6 Å². The summed E-state index contributed by atoms with van der Waals surface area (Å²) in [4.78, 5) is 26.5. The predicted octanol–water partition coefficient (Wildman–Crippen LogP) is 3.20. The quantitative estimate of drug-likeness (QED) is 0.534. The molecule has 20 heavy (non-hydrogen) atoms. The van der Waals surface area contributed by atoms with E-state index in [4.69, 9.17) is 11.6 Å². The van der Waals surface area contributed by atoms with Crippen molar-refractivity contribution in [1.82, 2.24) is 4.98 Å². The van der Waals surface area contributed by atoms with Crippen molar-refractivity contribution in [2.75, 3.05) is 5.32 Å². The number of pyridine rings is 1. The predicted molar refractivity (Wildman–Crippen MR) is 75.0 cm³/mol. The molecule has 0 spiro atoms. The zero-order valence-electron chi connectivity index (χ0n) is 10.5. The van der Waals surface area contributed by atoms with E-state index in [-0.39, 0.29) is 22.2 Å². The third-order valence-corrected chi connectivity index (χ3v) is 2.83. The molecule has 0 aliphatic rings. The van der Waals surface area contributed by atoms with Crippen molar-refractivity contribution >= 4 is 29.0 Å². The van der Waals surface area contributed by atoms with Gasteiger partial charge in [-0.05, 0) is 25.1 Å². The van der Waals surface area contributed by atoms with Crippen LogP contribution in [0.15, 0.2) is 36.4 Å². The highest BCUT2D eigenvalue weighted by Gasteiger charge is 2.22. The molecular formula is C13H10ClN3O3. The van der Waals surface area contributed by atoms with Gasteiger partial charge in [-0.2, -0.15) is 0 Å². The number of hydrogen-bond acceptors (Lipinski definition) is 4. The van der Waals surface area contributed by atoms with Gasteiger partial charge in [-0.1, -0.05) is 29.8 Å². The summed E-state index contributed by atoms with van der Waals surface area (Å²) in [6.45, 7) is 1.58. The van der Waals surface area contributed by atoms with E-state index in [2.05, 4.69) is 10.3 Å². The van der Waals surface area contributed by atoms with Gasteiger partial charge < -0.3 is 5.32 Å². The summed E-state index contributed by atoms with van der Waals surface area (Å²) < 4.78 is 0. The maximum Gasteiger partial charge on any atom is 0.285 e. The average Bonchev–Trinajstić information content (AvgIpc) is 2.37. The van der Waals surface area contributed by atoms with Crippen LogP contribution in [0.3, 0.4) is 0 Å². The van der Waals surface area contributed by atoms with Crippen molar-refractivity contribution in [2.45, 2.75) is 6.92 Å². The Kier molecular flexibility index (Phi) is 3.95. The molecule has 0 saturated heterocycles. The lowest BCUT2D eigenvalue weighted by molar-refractivity contribution is -0.385. The van der Waals surface area contributed by atoms with Crippen LogP contribution in [-0.2, 0) is 0 Å². The summed E-state index contributed by atoms with van der Waals surface area (Å²) in [7, 11) is 0. The lowest BCUT2D eigenvalue weighted by Crippen LogP contribution is -2.15. The van der Waals surface area contributed by atoms with E-state index in [0.29, 0.717) is 5.56 Å². The number of aryl methyl sites for hydroxylation is 1. The highest BCUT2D eigenvalue weighted by molar-refractivity contribution is 6.29. The minimum atomic E-state index is -0.602. The zero-order chi connectivity index (χ0) is 14.7. The fourth-order valence-electron chi connectivity index (χ4n) is 1.75. The topological polar surface area (TPSA) is 85.1 Å². The number of benzene rings is 1. The molecule has 7 heteroatoms. The number of aromatic nitrogens is 1. The van der Waals surface area contributed by atoms with E-state index in [1.54, 1.807) is 37.3 Å². The molecule has 0 radical (unpaired) electrons. The van der Waals surface area contributed by atoms with Crippen LogP contribution in [0.1, 0.15) is 15.9 Å². The molecule has 0 aliphatic heterocycles. The van der Waals surface area contributed by atoms with Crippen LogP contribution < -0.4 is 5.32 Å². The molecule has 102 valence electrons. The highest BCUT2D eigenvalue weighted by atomic mass is 35.5. The number of carbonyl (C=O) groups excluding carboxylic acids is 1. The molecule has 6 nitrogen and oxygen atoms in total. The number of nitro benzene ring substituents is 1. The summed E-state index contributed by atoms with van der Waals surface area (Å²) in [6, 6.07) is 9.29. The smallest absolute Gasteiger partial charge is 0.285 e. The molecule has 0 atom stereocenters. The van der Waals surface area contributed by atoms with Gasteiger partial charge in [0.05, 0.1) is 4.92 Å². The van der Waals surface area contributed by atoms with Crippen molar-refractivity contribution in [3.8, 4) is 0 Å². The minimum absolute atomic E-state index is 0.0169. The molecule has 0 unspecified atom stereocenters. The molecule has 0 aliphatic carbocycles. The molecule has 0 bridgehead atoms. The maximum atomic E-state index is 12.1. The van der Waals surface area contributed by atoms with Crippen molar-refractivity contribution in [3.63, 3.8) is 0 Å². The Balaban J connectivity index is 2.35. The molecule has 1 N–H and O–H groups in total. The normalized spacial score (nSPS) is 10.1. The molecule has 0 saturated carbocycles. The summed E-state index contributed by atoms with van der Waals surface area (Å²) in [5, 5.41) is 13.7. The lowest BCUT2D eigenvalue weighted by Gasteiger charge is -2.06. The molecular weight excluding hydrogens is 282 g/mol. The number of carbonyl (C=O) groups is 1. The first kappa shape index (κ1) is 14.0. The fraction of sp³-hybridized carbons (Fsp3) is 0.0769. The van der Waals surface area contributed by atoms with Gasteiger partial charge in [-0.25, -0.2) is 4.98 Å². The Morgan fingerprint density at radius 2 is 2.00 bits per heavy atom. The van der Waals surface area contributed by atoms with Gasteiger partial charge in [0.15, 0.2) is 0 Å². The van der Waals surface area contributed by atoms with E-state index in [1.807, 2.05) is 0 Å².